The number of benzene rings is 1. The van der Waals surface area contributed by atoms with Crippen molar-refractivity contribution < 1.29 is 19.4 Å². The molecule has 2 N–H and O–H groups in total. The molecule has 1 aromatic carbocycles. The fourth-order valence-electron chi connectivity index (χ4n) is 2.61. The highest BCUT2D eigenvalue weighted by Crippen LogP contribution is 2.36. The fourth-order valence-corrected chi connectivity index (χ4v) is 2.61. The number of hydrogen-bond donors (Lipinski definition) is 2. The first-order chi connectivity index (χ1) is 9.45. The molecule has 1 aliphatic rings. The van der Waals surface area contributed by atoms with Gasteiger partial charge < -0.3 is 15.2 Å². The van der Waals surface area contributed by atoms with Crippen LogP contribution in [0.25, 0.3) is 0 Å². The molecule has 0 aromatic heterocycles. The molecule has 2 rings (SSSR count). The molecule has 108 valence electrons. The molecule has 0 saturated heterocycles. The largest absolute Gasteiger partial charge is 0.496 e. The van der Waals surface area contributed by atoms with Crippen molar-refractivity contribution in [3.05, 3.63) is 23.3 Å². The zero-order valence-corrected chi connectivity index (χ0v) is 11.9. The van der Waals surface area contributed by atoms with Gasteiger partial charge in [0, 0.05) is 11.3 Å². The van der Waals surface area contributed by atoms with Crippen molar-refractivity contribution in [3.8, 4) is 5.75 Å². The molecule has 0 bridgehead atoms. The van der Waals surface area contributed by atoms with Crippen LogP contribution in [-0.2, 0) is 9.59 Å². The third-order valence-corrected chi connectivity index (χ3v) is 3.99. The molecular weight excluding hydrogens is 258 g/mol. The standard InChI is InChI=1S/C15H19NO4/c1-8-4-7-12(9(2)13(8)20-3)16-14(17)10-5-6-11(10)15(18)19/h4,7,10-11H,5-6H2,1-3H3,(H,16,17)(H,18,19). The summed E-state index contributed by atoms with van der Waals surface area (Å²) in [6.45, 7) is 3.81. The van der Waals surface area contributed by atoms with Gasteiger partial charge in [0.05, 0.1) is 18.9 Å². The Morgan fingerprint density at radius 1 is 1.25 bits per heavy atom. The summed E-state index contributed by atoms with van der Waals surface area (Å²) in [6, 6.07) is 3.69. The maximum absolute atomic E-state index is 12.1. The Bertz CT molecular complexity index is 553. The number of aliphatic carboxylic acids is 1. The Morgan fingerprint density at radius 3 is 2.40 bits per heavy atom. The van der Waals surface area contributed by atoms with Crippen molar-refractivity contribution in [3.63, 3.8) is 0 Å². The number of anilines is 1. The average molecular weight is 277 g/mol. The van der Waals surface area contributed by atoms with Crippen LogP contribution in [0.2, 0.25) is 0 Å². The monoisotopic (exact) mass is 277 g/mol. The van der Waals surface area contributed by atoms with Gasteiger partial charge in [0.2, 0.25) is 5.91 Å². The SMILES string of the molecule is COc1c(C)ccc(NC(=O)C2CCC2C(=O)O)c1C. The zero-order valence-electron chi connectivity index (χ0n) is 11.9. The first-order valence-corrected chi connectivity index (χ1v) is 6.63. The van der Waals surface area contributed by atoms with Crippen molar-refractivity contribution in [2.75, 3.05) is 12.4 Å². The molecule has 2 unspecified atom stereocenters. The lowest BCUT2D eigenvalue weighted by Gasteiger charge is -2.32. The van der Waals surface area contributed by atoms with Gasteiger partial charge in [-0.15, -0.1) is 0 Å². The van der Waals surface area contributed by atoms with Gasteiger partial charge >= 0.3 is 5.97 Å². The van der Waals surface area contributed by atoms with Gasteiger partial charge in [-0.05, 0) is 38.3 Å². The normalized spacial score (nSPS) is 20.9. The summed E-state index contributed by atoms with van der Waals surface area (Å²) >= 11 is 0. The summed E-state index contributed by atoms with van der Waals surface area (Å²) in [7, 11) is 1.59. The minimum atomic E-state index is -0.894. The van der Waals surface area contributed by atoms with Crippen LogP contribution in [0.3, 0.4) is 0 Å². The van der Waals surface area contributed by atoms with Crippen LogP contribution in [0.5, 0.6) is 5.75 Å². The van der Waals surface area contributed by atoms with E-state index in [0.29, 0.717) is 18.5 Å². The molecule has 0 radical (unpaired) electrons. The number of hydrogen-bond acceptors (Lipinski definition) is 3. The third-order valence-electron chi connectivity index (χ3n) is 3.99. The molecule has 5 nitrogen and oxygen atoms in total. The van der Waals surface area contributed by atoms with Crippen molar-refractivity contribution in [2.45, 2.75) is 26.7 Å². The predicted octanol–water partition coefficient (Wildman–Crippen LogP) is 2.36. The highest BCUT2D eigenvalue weighted by molar-refractivity contribution is 5.96. The van der Waals surface area contributed by atoms with Gasteiger partial charge in [-0.25, -0.2) is 0 Å². The van der Waals surface area contributed by atoms with E-state index in [9.17, 15) is 9.59 Å². The van der Waals surface area contributed by atoms with E-state index in [0.717, 1.165) is 16.9 Å². The van der Waals surface area contributed by atoms with Crippen LogP contribution < -0.4 is 10.1 Å². The van der Waals surface area contributed by atoms with Crippen LogP contribution in [0, 0.1) is 25.7 Å². The first-order valence-electron chi connectivity index (χ1n) is 6.63. The van der Waals surface area contributed by atoms with Gasteiger partial charge in [-0.2, -0.15) is 0 Å². The summed E-state index contributed by atoms with van der Waals surface area (Å²) in [5.74, 6) is -1.36. The Balaban J connectivity index is 2.15. The highest BCUT2D eigenvalue weighted by Gasteiger charge is 2.41. The van der Waals surface area contributed by atoms with Crippen molar-refractivity contribution in [1.29, 1.82) is 0 Å². The minimum Gasteiger partial charge on any atom is -0.496 e. The Kier molecular flexibility index (Phi) is 3.97. The van der Waals surface area contributed by atoms with Crippen LogP contribution in [0.4, 0.5) is 5.69 Å². The van der Waals surface area contributed by atoms with E-state index in [4.69, 9.17) is 9.84 Å². The van der Waals surface area contributed by atoms with Crippen molar-refractivity contribution in [1.82, 2.24) is 0 Å². The Labute approximate surface area is 117 Å². The number of carbonyl (C=O) groups is 2. The molecule has 5 heteroatoms. The summed E-state index contributed by atoms with van der Waals surface area (Å²) in [5, 5.41) is 11.8. The highest BCUT2D eigenvalue weighted by atomic mass is 16.5. The number of carbonyl (C=O) groups excluding carboxylic acids is 1. The number of methoxy groups -OCH3 is 1. The van der Waals surface area contributed by atoms with Crippen molar-refractivity contribution in [2.24, 2.45) is 11.8 Å². The van der Waals surface area contributed by atoms with Crippen LogP contribution in [0.1, 0.15) is 24.0 Å². The second kappa shape index (κ2) is 5.53. The second-order valence-corrected chi connectivity index (χ2v) is 5.21. The molecule has 1 aromatic rings. The quantitative estimate of drug-likeness (QED) is 0.886. The number of ether oxygens (including phenoxy) is 1. The number of amides is 1. The molecular formula is C15H19NO4. The topological polar surface area (TPSA) is 75.6 Å². The molecule has 0 heterocycles. The fraction of sp³-hybridized carbons (Fsp3) is 0.467. The third kappa shape index (κ3) is 2.48. The van der Waals surface area contributed by atoms with Crippen LogP contribution in [0.15, 0.2) is 12.1 Å². The van der Waals surface area contributed by atoms with Gasteiger partial charge in [-0.3, -0.25) is 9.59 Å². The molecule has 1 amide bonds. The van der Waals surface area contributed by atoms with E-state index in [1.54, 1.807) is 7.11 Å². The van der Waals surface area contributed by atoms with Crippen LogP contribution in [-0.4, -0.2) is 24.1 Å². The molecule has 20 heavy (non-hydrogen) atoms. The van der Waals surface area contributed by atoms with E-state index in [1.807, 2.05) is 26.0 Å². The van der Waals surface area contributed by atoms with Crippen molar-refractivity contribution >= 4 is 17.6 Å². The van der Waals surface area contributed by atoms with E-state index in [-0.39, 0.29) is 5.91 Å². The number of aryl methyl sites for hydroxylation is 1. The second-order valence-electron chi connectivity index (χ2n) is 5.21. The maximum Gasteiger partial charge on any atom is 0.307 e. The molecule has 2 atom stereocenters. The van der Waals surface area contributed by atoms with Gasteiger partial charge in [-0.1, -0.05) is 6.07 Å². The summed E-state index contributed by atoms with van der Waals surface area (Å²) < 4.78 is 5.31. The Morgan fingerprint density at radius 2 is 1.90 bits per heavy atom. The van der Waals surface area contributed by atoms with E-state index >= 15 is 0 Å². The van der Waals surface area contributed by atoms with E-state index < -0.39 is 17.8 Å². The average Bonchev–Trinajstić information content (AvgIpc) is 2.31. The van der Waals surface area contributed by atoms with E-state index in [1.165, 1.54) is 0 Å². The lowest BCUT2D eigenvalue weighted by molar-refractivity contribution is -0.151. The zero-order chi connectivity index (χ0) is 14.9. The lowest BCUT2D eigenvalue weighted by atomic mass is 9.73. The molecule has 1 aliphatic carbocycles. The summed E-state index contributed by atoms with van der Waals surface area (Å²) in [4.78, 5) is 23.1. The Hall–Kier alpha value is -2.04. The molecule has 0 spiro atoms. The molecule has 1 fully saturated rings. The molecule has 0 aliphatic heterocycles. The summed E-state index contributed by atoms with van der Waals surface area (Å²) in [6.07, 6.45) is 1.20. The lowest BCUT2D eigenvalue weighted by Crippen LogP contribution is -2.41. The number of carboxylic acids is 1. The predicted molar refractivity (Wildman–Crippen MR) is 74.9 cm³/mol. The van der Waals surface area contributed by atoms with Crippen LogP contribution >= 0.6 is 0 Å². The molecule has 1 saturated carbocycles. The first kappa shape index (κ1) is 14.4. The number of rotatable bonds is 4. The minimum absolute atomic E-state index is 0.224. The van der Waals surface area contributed by atoms with E-state index in [2.05, 4.69) is 5.32 Å². The van der Waals surface area contributed by atoms with Gasteiger partial charge in [0.15, 0.2) is 0 Å². The van der Waals surface area contributed by atoms with Gasteiger partial charge in [0.25, 0.3) is 0 Å². The number of nitrogens with one attached hydrogen (secondary N) is 1. The number of carboxylic acid groups (broad SMARTS) is 1. The maximum atomic E-state index is 12.1. The van der Waals surface area contributed by atoms with Gasteiger partial charge in [0.1, 0.15) is 5.75 Å². The summed E-state index contributed by atoms with van der Waals surface area (Å²) in [5.41, 5.74) is 2.52. The smallest absolute Gasteiger partial charge is 0.307 e.